The van der Waals surface area contributed by atoms with Crippen LogP contribution in [-0.4, -0.2) is 29.7 Å². The Kier molecular flexibility index (Phi) is 6.75. The molecule has 0 heterocycles. The van der Waals surface area contributed by atoms with E-state index in [0.29, 0.717) is 22.9 Å². The van der Waals surface area contributed by atoms with Gasteiger partial charge in [-0.25, -0.2) is 8.42 Å². The highest BCUT2D eigenvalue weighted by Crippen LogP contribution is 2.38. The molecule has 3 aromatic rings. The Morgan fingerprint density at radius 1 is 0.806 bits per heavy atom. The van der Waals surface area contributed by atoms with Crippen LogP contribution in [0.5, 0.6) is 17.2 Å². The Morgan fingerprint density at radius 2 is 1.48 bits per heavy atom. The lowest BCUT2D eigenvalue weighted by atomic mass is 10.1. The predicted octanol–water partition coefficient (Wildman–Crippen LogP) is 4.98. The van der Waals surface area contributed by atoms with Crippen LogP contribution in [0.2, 0.25) is 0 Å². The predicted molar refractivity (Wildman–Crippen MR) is 122 cm³/mol. The van der Waals surface area contributed by atoms with Crippen LogP contribution in [0.1, 0.15) is 24.1 Å². The largest absolute Gasteiger partial charge is 0.497 e. The highest BCUT2D eigenvalue weighted by Gasteiger charge is 2.31. The van der Waals surface area contributed by atoms with Crippen molar-refractivity contribution in [3.8, 4) is 17.2 Å². The summed E-state index contributed by atoms with van der Waals surface area (Å²) in [5.74, 6) is 1.62. The molecule has 1 atom stereocenters. The molecular formula is C24H27NO5S. The number of methoxy groups -OCH3 is 3. The minimum Gasteiger partial charge on any atom is -0.497 e. The van der Waals surface area contributed by atoms with Gasteiger partial charge in [0.15, 0.2) is 11.5 Å². The number of aryl methyl sites for hydroxylation is 1. The third-order valence-corrected chi connectivity index (χ3v) is 7.04. The molecule has 0 aliphatic carbocycles. The molecule has 3 rings (SSSR count). The minimum absolute atomic E-state index is 0.211. The molecule has 0 N–H and O–H groups in total. The number of ether oxygens (including phenoxy) is 3. The van der Waals surface area contributed by atoms with E-state index in [0.717, 1.165) is 11.1 Å². The van der Waals surface area contributed by atoms with Gasteiger partial charge in [-0.2, -0.15) is 0 Å². The van der Waals surface area contributed by atoms with Crippen LogP contribution in [0.4, 0.5) is 5.69 Å². The van der Waals surface area contributed by atoms with Crippen LogP contribution in [0.15, 0.2) is 71.6 Å². The third kappa shape index (κ3) is 4.61. The summed E-state index contributed by atoms with van der Waals surface area (Å²) in [7, 11) is 0.755. The van der Waals surface area contributed by atoms with Crippen molar-refractivity contribution in [1.82, 2.24) is 0 Å². The van der Waals surface area contributed by atoms with Gasteiger partial charge in [0.1, 0.15) is 5.75 Å². The van der Waals surface area contributed by atoms with E-state index in [9.17, 15) is 8.42 Å². The molecule has 164 valence electrons. The summed E-state index contributed by atoms with van der Waals surface area (Å²) in [6.45, 7) is 3.76. The summed E-state index contributed by atoms with van der Waals surface area (Å²) in [6, 6.07) is 18.8. The lowest BCUT2D eigenvalue weighted by Crippen LogP contribution is -2.33. The Hall–Kier alpha value is -3.19. The van der Waals surface area contributed by atoms with Gasteiger partial charge in [0, 0.05) is 6.07 Å². The SMILES string of the molecule is COc1cccc([C@@H](C)N(c2ccc(OC)c(OC)c2)S(=O)(=O)c2ccc(C)cc2)c1. The maximum absolute atomic E-state index is 13.8. The topological polar surface area (TPSA) is 65.1 Å². The second-order valence-electron chi connectivity index (χ2n) is 7.11. The van der Waals surface area contributed by atoms with Gasteiger partial charge in [-0.05, 0) is 55.8 Å². The van der Waals surface area contributed by atoms with Crippen LogP contribution in [-0.2, 0) is 10.0 Å². The first kappa shape index (κ1) is 22.5. The van der Waals surface area contributed by atoms with Crippen molar-refractivity contribution in [1.29, 1.82) is 0 Å². The number of nitrogens with zero attached hydrogens (tertiary/aromatic N) is 1. The summed E-state index contributed by atoms with van der Waals surface area (Å²) in [5.41, 5.74) is 2.25. The number of hydrogen-bond acceptors (Lipinski definition) is 5. The van der Waals surface area contributed by atoms with E-state index in [1.54, 1.807) is 49.6 Å². The van der Waals surface area contributed by atoms with E-state index in [4.69, 9.17) is 14.2 Å². The maximum Gasteiger partial charge on any atom is 0.264 e. The average molecular weight is 442 g/mol. The van der Waals surface area contributed by atoms with E-state index >= 15 is 0 Å². The van der Waals surface area contributed by atoms with Gasteiger partial charge < -0.3 is 14.2 Å². The standard InChI is InChI=1S/C24H27NO5S/c1-17-9-12-22(13-10-17)31(26,27)25(18(2)19-7-6-8-21(15-19)28-3)20-11-14-23(29-4)24(16-20)30-5/h6-16,18H,1-5H3/t18-/m1/s1. The molecule has 31 heavy (non-hydrogen) atoms. The van der Waals surface area contributed by atoms with Crippen molar-refractivity contribution in [2.45, 2.75) is 24.8 Å². The normalized spacial score (nSPS) is 12.2. The Labute approximate surface area is 184 Å². The van der Waals surface area contributed by atoms with Crippen LogP contribution in [0.25, 0.3) is 0 Å². The summed E-state index contributed by atoms with van der Waals surface area (Å²) in [6.07, 6.45) is 0. The molecule has 0 fully saturated rings. The molecular weight excluding hydrogens is 414 g/mol. The van der Waals surface area contributed by atoms with Gasteiger partial charge in [-0.1, -0.05) is 29.8 Å². The third-order valence-electron chi connectivity index (χ3n) is 5.13. The highest BCUT2D eigenvalue weighted by atomic mass is 32.2. The quantitative estimate of drug-likeness (QED) is 0.493. The molecule has 0 aliphatic rings. The van der Waals surface area contributed by atoms with Gasteiger partial charge in [0.05, 0.1) is 38.0 Å². The zero-order valence-electron chi connectivity index (χ0n) is 18.3. The molecule has 0 amide bonds. The lowest BCUT2D eigenvalue weighted by Gasteiger charge is -2.31. The Morgan fingerprint density at radius 3 is 2.10 bits per heavy atom. The first-order valence-electron chi connectivity index (χ1n) is 9.79. The molecule has 0 saturated carbocycles. The van der Waals surface area contributed by atoms with E-state index in [-0.39, 0.29) is 4.90 Å². The van der Waals surface area contributed by atoms with E-state index in [1.165, 1.54) is 18.5 Å². The highest BCUT2D eigenvalue weighted by molar-refractivity contribution is 7.92. The lowest BCUT2D eigenvalue weighted by molar-refractivity contribution is 0.355. The Bertz CT molecular complexity index is 1140. The van der Waals surface area contributed by atoms with Crippen molar-refractivity contribution in [2.75, 3.05) is 25.6 Å². The average Bonchev–Trinajstić information content (AvgIpc) is 2.79. The molecule has 6 nitrogen and oxygen atoms in total. The molecule has 0 radical (unpaired) electrons. The number of anilines is 1. The van der Waals surface area contributed by atoms with Crippen LogP contribution < -0.4 is 18.5 Å². The summed E-state index contributed by atoms with van der Waals surface area (Å²) in [4.78, 5) is 0.211. The molecule has 0 unspecified atom stereocenters. The second kappa shape index (κ2) is 9.31. The van der Waals surface area contributed by atoms with E-state index < -0.39 is 16.1 Å². The number of benzene rings is 3. The monoisotopic (exact) mass is 441 g/mol. The van der Waals surface area contributed by atoms with E-state index in [1.807, 2.05) is 38.1 Å². The van der Waals surface area contributed by atoms with E-state index in [2.05, 4.69) is 0 Å². The maximum atomic E-state index is 13.8. The van der Waals surface area contributed by atoms with Gasteiger partial charge in [0.25, 0.3) is 10.0 Å². The zero-order chi connectivity index (χ0) is 22.6. The molecule has 7 heteroatoms. The molecule has 3 aromatic carbocycles. The van der Waals surface area contributed by atoms with Crippen LogP contribution >= 0.6 is 0 Å². The number of sulfonamides is 1. The fourth-order valence-corrected chi connectivity index (χ4v) is 5.03. The van der Waals surface area contributed by atoms with Gasteiger partial charge in [-0.15, -0.1) is 0 Å². The molecule has 0 spiro atoms. The number of rotatable bonds is 8. The van der Waals surface area contributed by atoms with Crippen LogP contribution in [0, 0.1) is 6.92 Å². The van der Waals surface area contributed by atoms with Gasteiger partial charge >= 0.3 is 0 Å². The summed E-state index contributed by atoms with van der Waals surface area (Å²) < 4.78 is 45.1. The van der Waals surface area contributed by atoms with Crippen LogP contribution in [0.3, 0.4) is 0 Å². The molecule has 0 aromatic heterocycles. The van der Waals surface area contributed by atoms with Gasteiger partial charge in [0.2, 0.25) is 0 Å². The molecule has 0 bridgehead atoms. The minimum atomic E-state index is -3.89. The number of hydrogen-bond donors (Lipinski definition) is 0. The Balaban J connectivity index is 2.19. The van der Waals surface area contributed by atoms with Gasteiger partial charge in [-0.3, -0.25) is 4.31 Å². The van der Waals surface area contributed by atoms with Crippen molar-refractivity contribution in [3.05, 3.63) is 77.9 Å². The first-order chi connectivity index (χ1) is 14.8. The smallest absolute Gasteiger partial charge is 0.264 e. The fourth-order valence-electron chi connectivity index (χ4n) is 3.39. The van der Waals surface area contributed by atoms with Crippen molar-refractivity contribution < 1.29 is 22.6 Å². The molecule has 0 aliphatic heterocycles. The van der Waals surface area contributed by atoms with Crippen molar-refractivity contribution in [3.63, 3.8) is 0 Å². The van der Waals surface area contributed by atoms with Crippen molar-refractivity contribution >= 4 is 15.7 Å². The second-order valence-corrected chi connectivity index (χ2v) is 8.92. The summed E-state index contributed by atoms with van der Waals surface area (Å²) >= 11 is 0. The first-order valence-corrected chi connectivity index (χ1v) is 11.2. The summed E-state index contributed by atoms with van der Waals surface area (Å²) in [5, 5.41) is 0. The van der Waals surface area contributed by atoms with Crippen molar-refractivity contribution in [2.24, 2.45) is 0 Å². The molecule has 0 saturated heterocycles. The fraction of sp³-hybridized carbons (Fsp3) is 0.250. The zero-order valence-corrected chi connectivity index (χ0v) is 19.1.